The molecule has 0 bridgehead atoms. The molecule has 2 N–H and O–H groups in total. The van der Waals surface area contributed by atoms with Crippen molar-refractivity contribution in [3.63, 3.8) is 0 Å². The van der Waals surface area contributed by atoms with Crippen molar-refractivity contribution in [2.45, 2.75) is 13.3 Å². The molecule has 1 aliphatic rings. The van der Waals surface area contributed by atoms with E-state index in [2.05, 4.69) is 77.9 Å². The number of fused-ring (bicyclic) bond motifs is 1. The first-order chi connectivity index (χ1) is 14.6. The summed E-state index contributed by atoms with van der Waals surface area (Å²) < 4.78 is 0. The highest BCUT2D eigenvalue weighted by Gasteiger charge is 2.13. The Hall–Kier alpha value is -2.70. The molecule has 0 spiro atoms. The van der Waals surface area contributed by atoms with E-state index in [1.165, 1.54) is 10.9 Å². The number of aryl methyl sites for hydroxylation is 1. The number of piperazine rings is 1. The maximum Gasteiger partial charge on any atom is 0.128 e. The fourth-order valence-corrected chi connectivity index (χ4v) is 3.87. The van der Waals surface area contributed by atoms with E-state index in [1.807, 2.05) is 6.20 Å². The molecule has 6 heteroatoms. The Bertz CT molecular complexity index is 977. The molecule has 1 saturated heterocycles. The summed E-state index contributed by atoms with van der Waals surface area (Å²) in [4.78, 5) is 14.2. The van der Waals surface area contributed by atoms with Gasteiger partial charge in [-0.2, -0.15) is 0 Å². The molecule has 2 aromatic heterocycles. The number of benzene rings is 1. The molecule has 1 aromatic carbocycles. The van der Waals surface area contributed by atoms with Crippen LogP contribution in [-0.4, -0.2) is 68.2 Å². The number of rotatable bonds is 7. The lowest BCUT2D eigenvalue weighted by Crippen LogP contribution is -2.43. The molecule has 1 aliphatic heterocycles. The van der Waals surface area contributed by atoms with Crippen LogP contribution < -0.4 is 15.5 Å². The minimum Gasteiger partial charge on any atom is -0.384 e. The molecule has 3 aromatic rings. The minimum absolute atomic E-state index is 0.935. The normalized spacial score (nSPS) is 14.5. The van der Waals surface area contributed by atoms with Gasteiger partial charge in [-0.3, -0.25) is 0 Å². The average Bonchev–Trinajstić information content (AvgIpc) is 2.76. The summed E-state index contributed by atoms with van der Waals surface area (Å²) >= 11 is 0. The molecule has 4 rings (SSSR count). The van der Waals surface area contributed by atoms with Gasteiger partial charge in [0.15, 0.2) is 0 Å². The van der Waals surface area contributed by atoms with Crippen molar-refractivity contribution in [2.75, 3.05) is 63.6 Å². The lowest BCUT2D eigenvalue weighted by atomic mass is 10.1. The number of anilines is 2. The predicted molar refractivity (Wildman–Crippen MR) is 126 cm³/mol. The zero-order valence-electron chi connectivity index (χ0n) is 18.3. The van der Waals surface area contributed by atoms with E-state index in [1.54, 1.807) is 0 Å². The molecule has 0 saturated carbocycles. The van der Waals surface area contributed by atoms with E-state index < -0.39 is 0 Å². The second-order valence-corrected chi connectivity index (χ2v) is 8.30. The number of nitrogens with zero attached hydrogens (tertiary/aromatic N) is 4. The zero-order valence-corrected chi connectivity index (χ0v) is 18.3. The van der Waals surface area contributed by atoms with E-state index in [-0.39, 0.29) is 0 Å². The molecule has 0 atom stereocenters. The number of hydrogen-bond donors (Lipinski definition) is 2. The van der Waals surface area contributed by atoms with Crippen LogP contribution in [0, 0.1) is 6.92 Å². The van der Waals surface area contributed by atoms with Gasteiger partial charge < -0.3 is 20.4 Å². The van der Waals surface area contributed by atoms with Crippen molar-refractivity contribution in [1.29, 1.82) is 0 Å². The second kappa shape index (κ2) is 9.41. The molecule has 3 heterocycles. The van der Waals surface area contributed by atoms with Crippen molar-refractivity contribution in [3.05, 3.63) is 48.2 Å². The van der Waals surface area contributed by atoms with Gasteiger partial charge in [-0.05, 0) is 63.8 Å². The summed E-state index contributed by atoms with van der Waals surface area (Å²) in [6, 6.07) is 12.9. The Morgan fingerprint density at radius 3 is 2.67 bits per heavy atom. The third kappa shape index (κ3) is 4.89. The first kappa shape index (κ1) is 20.6. The molecule has 30 heavy (non-hydrogen) atoms. The predicted octanol–water partition coefficient (Wildman–Crippen LogP) is 3.38. The SMILES string of the molecule is Cc1ccc2c(NCCCN(C)C)cc(-c3ccc(N4CCNCC4)nc3)nc2c1. The quantitative estimate of drug-likeness (QED) is 0.589. The van der Waals surface area contributed by atoms with Gasteiger partial charge in [0, 0.05) is 55.6 Å². The average molecular weight is 405 g/mol. The van der Waals surface area contributed by atoms with Crippen LogP contribution in [-0.2, 0) is 0 Å². The topological polar surface area (TPSA) is 56.3 Å². The van der Waals surface area contributed by atoms with Crippen LogP contribution in [0.2, 0.25) is 0 Å². The first-order valence-electron chi connectivity index (χ1n) is 10.8. The molecule has 158 valence electrons. The van der Waals surface area contributed by atoms with Crippen molar-refractivity contribution in [1.82, 2.24) is 20.2 Å². The standard InChI is InChI=1S/C24H32N6/c1-18-5-7-20-22(26-9-4-12-29(2)3)16-21(28-23(20)15-18)19-6-8-24(27-17-19)30-13-10-25-11-14-30/h5-8,15-17,25H,4,9-14H2,1-3H3,(H,26,28). The third-order valence-electron chi connectivity index (χ3n) is 5.55. The Morgan fingerprint density at radius 2 is 1.93 bits per heavy atom. The van der Waals surface area contributed by atoms with Gasteiger partial charge in [0.1, 0.15) is 5.82 Å². The summed E-state index contributed by atoms with van der Waals surface area (Å²) in [6.45, 7) is 8.14. The third-order valence-corrected chi connectivity index (χ3v) is 5.55. The van der Waals surface area contributed by atoms with Gasteiger partial charge in [0.25, 0.3) is 0 Å². The van der Waals surface area contributed by atoms with E-state index in [0.717, 1.165) is 74.0 Å². The van der Waals surface area contributed by atoms with Gasteiger partial charge in [0.05, 0.1) is 11.2 Å². The van der Waals surface area contributed by atoms with Crippen molar-refractivity contribution < 1.29 is 0 Å². The van der Waals surface area contributed by atoms with Crippen LogP contribution in [0.1, 0.15) is 12.0 Å². The number of hydrogen-bond acceptors (Lipinski definition) is 6. The molecule has 0 aliphatic carbocycles. The fraction of sp³-hybridized carbons (Fsp3) is 0.417. The van der Waals surface area contributed by atoms with Gasteiger partial charge in [-0.15, -0.1) is 0 Å². The van der Waals surface area contributed by atoms with Gasteiger partial charge in [-0.1, -0.05) is 12.1 Å². The summed E-state index contributed by atoms with van der Waals surface area (Å²) in [5.41, 5.74) is 5.39. The molecular formula is C24H32N6. The number of aromatic nitrogens is 2. The molecular weight excluding hydrogens is 372 g/mol. The highest BCUT2D eigenvalue weighted by atomic mass is 15.2. The van der Waals surface area contributed by atoms with Crippen molar-refractivity contribution in [2.24, 2.45) is 0 Å². The van der Waals surface area contributed by atoms with Crippen molar-refractivity contribution >= 4 is 22.4 Å². The Morgan fingerprint density at radius 1 is 1.10 bits per heavy atom. The largest absolute Gasteiger partial charge is 0.384 e. The lowest BCUT2D eigenvalue weighted by molar-refractivity contribution is 0.405. The minimum atomic E-state index is 0.935. The second-order valence-electron chi connectivity index (χ2n) is 8.30. The van der Waals surface area contributed by atoms with Crippen LogP contribution in [0.4, 0.5) is 11.5 Å². The monoisotopic (exact) mass is 404 g/mol. The van der Waals surface area contributed by atoms with Crippen LogP contribution in [0.25, 0.3) is 22.2 Å². The van der Waals surface area contributed by atoms with Crippen LogP contribution in [0.5, 0.6) is 0 Å². The molecule has 1 fully saturated rings. The van der Waals surface area contributed by atoms with Gasteiger partial charge in [0.2, 0.25) is 0 Å². The maximum atomic E-state index is 4.95. The summed E-state index contributed by atoms with van der Waals surface area (Å²) in [5.74, 6) is 1.04. The summed E-state index contributed by atoms with van der Waals surface area (Å²) in [6.07, 6.45) is 3.05. The highest BCUT2D eigenvalue weighted by molar-refractivity contribution is 5.94. The van der Waals surface area contributed by atoms with E-state index in [9.17, 15) is 0 Å². The maximum absolute atomic E-state index is 4.95. The molecule has 0 unspecified atom stereocenters. The van der Waals surface area contributed by atoms with Gasteiger partial charge in [-0.25, -0.2) is 9.97 Å². The van der Waals surface area contributed by atoms with Gasteiger partial charge >= 0.3 is 0 Å². The zero-order chi connectivity index (χ0) is 20.9. The van der Waals surface area contributed by atoms with Crippen LogP contribution >= 0.6 is 0 Å². The molecule has 6 nitrogen and oxygen atoms in total. The Balaban J connectivity index is 1.61. The summed E-state index contributed by atoms with van der Waals surface area (Å²) in [5, 5.41) is 8.19. The highest BCUT2D eigenvalue weighted by Crippen LogP contribution is 2.29. The van der Waals surface area contributed by atoms with Crippen molar-refractivity contribution in [3.8, 4) is 11.3 Å². The van der Waals surface area contributed by atoms with Crippen LogP contribution in [0.3, 0.4) is 0 Å². The molecule has 0 amide bonds. The molecule has 0 radical (unpaired) electrons. The first-order valence-corrected chi connectivity index (χ1v) is 10.8. The number of pyridine rings is 2. The Kier molecular flexibility index (Phi) is 6.45. The van der Waals surface area contributed by atoms with E-state index in [0.29, 0.717) is 0 Å². The lowest BCUT2D eigenvalue weighted by Gasteiger charge is -2.28. The number of nitrogens with one attached hydrogen (secondary N) is 2. The fourth-order valence-electron chi connectivity index (χ4n) is 3.87. The Labute approximate surface area is 179 Å². The van der Waals surface area contributed by atoms with Crippen LogP contribution in [0.15, 0.2) is 42.6 Å². The smallest absolute Gasteiger partial charge is 0.128 e. The van der Waals surface area contributed by atoms with E-state index in [4.69, 9.17) is 9.97 Å². The van der Waals surface area contributed by atoms with E-state index >= 15 is 0 Å². The summed E-state index contributed by atoms with van der Waals surface area (Å²) in [7, 11) is 4.22.